The van der Waals surface area contributed by atoms with Gasteiger partial charge in [0.15, 0.2) is 0 Å². The standard InChI is InChI=1S/C14H17ClN4OS/c1-9(20)16-8-10-2-5-19(6-3-10)12-11-4-7-21-13(11)18-14(15)17-12/h4,7,10H,2-3,5-6,8H2,1H3,(H,16,20). The smallest absolute Gasteiger partial charge is 0.225 e. The molecule has 0 radical (unpaired) electrons. The van der Waals surface area contributed by atoms with Crippen LogP contribution in [0.15, 0.2) is 11.4 Å². The summed E-state index contributed by atoms with van der Waals surface area (Å²) in [5, 5.41) is 6.30. The summed E-state index contributed by atoms with van der Waals surface area (Å²) in [5.41, 5.74) is 0. The van der Waals surface area contributed by atoms with Crippen LogP contribution in [0.3, 0.4) is 0 Å². The van der Waals surface area contributed by atoms with Crippen LogP contribution in [0.4, 0.5) is 5.82 Å². The van der Waals surface area contributed by atoms with Crippen molar-refractivity contribution in [3.8, 4) is 0 Å². The fourth-order valence-corrected chi connectivity index (χ4v) is 3.67. The number of thiophene rings is 1. The quantitative estimate of drug-likeness (QED) is 0.882. The Kier molecular flexibility index (Phi) is 4.26. The number of halogens is 1. The maximum Gasteiger partial charge on any atom is 0.225 e. The molecule has 1 saturated heterocycles. The molecular formula is C14H17ClN4OS. The lowest BCUT2D eigenvalue weighted by molar-refractivity contribution is -0.119. The molecule has 0 unspecified atom stereocenters. The van der Waals surface area contributed by atoms with Crippen LogP contribution in [-0.4, -0.2) is 35.5 Å². The van der Waals surface area contributed by atoms with E-state index >= 15 is 0 Å². The molecule has 0 aliphatic carbocycles. The van der Waals surface area contributed by atoms with Gasteiger partial charge < -0.3 is 10.2 Å². The molecule has 1 aliphatic heterocycles. The highest BCUT2D eigenvalue weighted by Gasteiger charge is 2.22. The fourth-order valence-electron chi connectivity index (χ4n) is 2.69. The number of amides is 1. The highest BCUT2D eigenvalue weighted by Crippen LogP contribution is 2.31. The predicted octanol–water partition coefficient (Wildman–Crippen LogP) is 2.70. The highest BCUT2D eigenvalue weighted by molar-refractivity contribution is 7.16. The second-order valence-electron chi connectivity index (χ2n) is 5.32. The number of carbonyl (C=O) groups is 1. The topological polar surface area (TPSA) is 58.1 Å². The Morgan fingerprint density at radius 1 is 1.48 bits per heavy atom. The van der Waals surface area contributed by atoms with Crippen LogP contribution < -0.4 is 10.2 Å². The summed E-state index contributed by atoms with van der Waals surface area (Å²) in [5.74, 6) is 1.52. The normalized spacial score (nSPS) is 16.4. The van der Waals surface area contributed by atoms with Gasteiger partial charge in [-0.3, -0.25) is 4.79 Å². The number of fused-ring (bicyclic) bond motifs is 1. The Morgan fingerprint density at radius 2 is 2.24 bits per heavy atom. The lowest BCUT2D eigenvalue weighted by Gasteiger charge is -2.33. The molecule has 7 heteroatoms. The minimum atomic E-state index is 0.0417. The lowest BCUT2D eigenvalue weighted by Crippen LogP contribution is -2.38. The van der Waals surface area contributed by atoms with Gasteiger partial charge in [0.1, 0.15) is 10.6 Å². The second kappa shape index (κ2) is 6.15. The maximum absolute atomic E-state index is 11.0. The first-order chi connectivity index (χ1) is 10.1. The number of carbonyl (C=O) groups excluding carboxylic acids is 1. The number of hydrogen-bond donors (Lipinski definition) is 1. The van der Waals surface area contributed by atoms with Crippen LogP contribution in [0.25, 0.3) is 10.2 Å². The van der Waals surface area contributed by atoms with E-state index in [1.807, 2.05) is 5.38 Å². The molecule has 0 atom stereocenters. The molecule has 2 aromatic rings. The molecule has 5 nitrogen and oxygen atoms in total. The van der Waals surface area contributed by atoms with Gasteiger partial charge in [-0.2, -0.15) is 4.98 Å². The van der Waals surface area contributed by atoms with Gasteiger partial charge in [0.05, 0.1) is 5.39 Å². The molecule has 3 heterocycles. The van der Waals surface area contributed by atoms with E-state index in [-0.39, 0.29) is 5.91 Å². The maximum atomic E-state index is 11.0. The Morgan fingerprint density at radius 3 is 2.95 bits per heavy atom. The third kappa shape index (κ3) is 3.27. The van der Waals surface area contributed by atoms with Crippen molar-refractivity contribution in [2.75, 3.05) is 24.5 Å². The van der Waals surface area contributed by atoms with E-state index in [1.165, 1.54) is 0 Å². The first-order valence-electron chi connectivity index (χ1n) is 7.03. The fraction of sp³-hybridized carbons (Fsp3) is 0.500. The van der Waals surface area contributed by atoms with E-state index in [1.54, 1.807) is 18.3 Å². The monoisotopic (exact) mass is 324 g/mol. The van der Waals surface area contributed by atoms with Gasteiger partial charge in [-0.05, 0) is 41.8 Å². The minimum Gasteiger partial charge on any atom is -0.356 e. The molecule has 0 saturated carbocycles. The summed E-state index contributed by atoms with van der Waals surface area (Å²) in [6, 6.07) is 2.05. The number of hydrogen-bond acceptors (Lipinski definition) is 5. The van der Waals surface area contributed by atoms with Crippen molar-refractivity contribution in [3.63, 3.8) is 0 Å². The molecule has 0 bridgehead atoms. The summed E-state index contributed by atoms with van der Waals surface area (Å²) in [7, 11) is 0. The molecule has 0 aromatic carbocycles. The van der Waals surface area contributed by atoms with Gasteiger partial charge in [0.2, 0.25) is 11.2 Å². The van der Waals surface area contributed by atoms with Crippen molar-refractivity contribution >= 4 is 44.9 Å². The number of anilines is 1. The van der Waals surface area contributed by atoms with Crippen LogP contribution in [0, 0.1) is 5.92 Å². The van der Waals surface area contributed by atoms with E-state index < -0.39 is 0 Å². The SMILES string of the molecule is CC(=O)NCC1CCN(c2nc(Cl)nc3sccc23)CC1. The highest BCUT2D eigenvalue weighted by atomic mass is 35.5. The zero-order chi connectivity index (χ0) is 14.8. The van der Waals surface area contributed by atoms with Crippen molar-refractivity contribution in [3.05, 3.63) is 16.7 Å². The molecular weight excluding hydrogens is 308 g/mol. The van der Waals surface area contributed by atoms with E-state index in [0.717, 1.165) is 48.5 Å². The van der Waals surface area contributed by atoms with Gasteiger partial charge in [-0.15, -0.1) is 11.3 Å². The van der Waals surface area contributed by atoms with Crippen molar-refractivity contribution in [1.29, 1.82) is 0 Å². The Bertz CT molecular complexity index is 651. The van der Waals surface area contributed by atoms with Gasteiger partial charge in [0, 0.05) is 26.6 Å². The molecule has 1 aliphatic rings. The molecule has 3 rings (SSSR count). The molecule has 0 spiro atoms. The number of rotatable bonds is 3. The van der Waals surface area contributed by atoms with Gasteiger partial charge >= 0.3 is 0 Å². The zero-order valence-corrected chi connectivity index (χ0v) is 13.4. The van der Waals surface area contributed by atoms with Crippen LogP contribution >= 0.6 is 22.9 Å². The largest absolute Gasteiger partial charge is 0.356 e. The first kappa shape index (κ1) is 14.5. The predicted molar refractivity (Wildman–Crippen MR) is 86.0 cm³/mol. The molecule has 1 amide bonds. The Labute approximate surface area is 132 Å². The first-order valence-corrected chi connectivity index (χ1v) is 8.29. The van der Waals surface area contributed by atoms with E-state index in [4.69, 9.17) is 11.6 Å². The number of nitrogens with one attached hydrogen (secondary N) is 1. The minimum absolute atomic E-state index is 0.0417. The van der Waals surface area contributed by atoms with Crippen molar-refractivity contribution < 1.29 is 4.79 Å². The van der Waals surface area contributed by atoms with Gasteiger partial charge in [-0.1, -0.05) is 0 Å². The number of aromatic nitrogens is 2. The molecule has 112 valence electrons. The summed E-state index contributed by atoms with van der Waals surface area (Å²) < 4.78 is 0. The molecule has 21 heavy (non-hydrogen) atoms. The number of nitrogens with zero attached hydrogens (tertiary/aromatic N) is 3. The lowest BCUT2D eigenvalue weighted by atomic mass is 9.96. The summed E-state index contributed by atoms with van der Waals surface area (Å²) in [6.45, 7) is 4.19. The van der Waals surface area contributed by atoms with Gasteiger partial charge in [0.25, 0.3) is 0 Å². The van der Waals surface area contributed by atoms with Crippen molar-refractivity contribution in [2.24, 2.45) is 5.92 Å². The molecule has 1 N–H and O–H groups in total. The average molecular weight is 325 g/mol. The van der Waals surface area contributed by atoms with Crippen LogP contribution in [0.1, 0.15) is 19.8 Å². The number of piperidine rings is 1. The summed E-state index contributed by atoms with van der Waals surface area (Å²) in [6.07, 6.45) is 2.10. The van der Waals surface area contributed by atoms with E-state index in [0.29, 0.717) is 11.2 Å². The molecule has 1 fully saturated rings. The van der Waals surface area contributed by atoms with Crippen molar-refractivity contribution in [1.82, 2.24) is 15.3 Å². The Balaban J connectivity index is 1.71. The van der Waals surface area contributed by atoms with Crippen LogP contribution in [0.5, 0.6) is 0 Å². The van der Waals surface area contributed by atoms with E-state index in [9.17, 15) is 4.79 Å². The third-order valence-corrected chi connectivity index (χ3v) is 4.81. The van der Waals surface area contributed by atoms with E-state index in [2.05, 4.69) is 26.3 Å². The van der Waals surface area contributed by atoms with Crippen LogP contribution in [0.2, 0.25) is 5.28 Å². The summed E-state index contributed by atoms with van der Waals surface area (Å²) >= 11 is 7.61. The zero-order valence-electron chi connectivity index (χ0n) is 11.8. The Hall–Kier alpha value is -1.40. The van der Waals surface area contributed by atoms with Crippen LogP contribution in [-0.2, 0) is 4.79 Å². The van der Waals surface area contributed by atoms with Crippen molar-refractivity contribution in [2.45, 2.75) is 19.8 Å². The van der Waals surface area contributed by atoms with Gasteiger partial charge in [-0.25, -0.2) is 4.98 Å². The second-order valence-corrected chi connectivity index (χ2v) is 6.56. The third-order valence-electron chi connectivity index (χ3n) is 3.83. The molecule has 2 aromatic heterocycles. The average Bonchev–Trinajstić information content (AvgIpc) is 2.93. The summed E-state index contributed by atoms with van der Waals surface area (Å²) in [4.78, 5) is 22.8.